The van der Waals surface area contributed by atoms with E-state index in [0.29, 0.717) is 25.2 Å². The Morgan fingerprint density at radius 2 is 1.57 bits per heavy atom. The molecule has 0 aliphatic rings. The molecule has 0 heterocycles. The molecule has 3 aromatic carbocycles. The summed E-state index contributed by atoms with van der Waals surface area (Å²) >= 11 is 0. The van der Waals surface area contributed by atoms with Gasteiger partial charge in [0.25, 0.3) is 0 Å². The highest BCUT2D eigenvalue weighted by Gasteiger charge is 2.17. The molecule has 0 fully saturated rings. The fourth-order valence-electron chi connectivity index (χ4n) is 3.36. The van der Waals surface area contributed by atoms with Crippen LogP contribution in [0.25, 0.3) is 6.08 Å². The average molecular weight is 493 g/mol. The van der Waals surface area contributed by atoms with Crippen LogP contribution >= 0.6 is 0 Å². The molecule has 0 N–H and O–H groups in total. The van der Waals surface area contributed by atoms with Crippen LogP contribution in [0.15, 0.2) is 96.6 Å². The van der Waals surface area contributed by atoms with Gasteiger partial charge in [-0.1, -0.05) is 96.6 Å². The van der Waals surface area contributed by atoms with E-state index in [1.807, 2.05) is 97.1 Å². The second kappa shape index (κ2) is 16.6. The third kappa shape index (κ3) is 11.0. The van der Waals surface area contributed by atoms with Crippen LogP contribution < -0.4 is 0 Å². The lowest BCUT2D eigenvalue weighted by Gasteiger charge is -2.13. The van der Waals surface area contributed by atoms with Crippen LogP contribution in [0, 0.1) is 23.7 Å². The fraction of sp³-hybridized carbons (Fsp3) is 0.242. The lowest BCUT2D eigenvalue weighted by atomic mass is 10.0. The predicted molar refractivity (Wildman–Crippen MR) is 147 cm³/mol. The lowest BCUT2D eigenvalue weighted by Crippen LogP contribution is -2.22. The number of methoxy groups -OCH3 is 1. The zero-order chi connectivity index (χ0) is 26.0. The Labute approximate surface area is 220 Å². The fourth-order valence-corrected chi connectivity index (χ4v) is 3.36. The Bertz CT molecular complexity index is 1230. The van der Waals surface area contributed by atoms with Gasteiger partial charge in [-0.25, -0.2) is 4.79 Å². The van der Waals surface area contributed by atoms with Gasteiger partial charge in [0.15, 0.2) is 6.10 Å². The number of unbranched alkanes of at least 4 members (excludes halogenated alkanes) is 2. The minimum Gasteiger partial charge on any atom is -0.442 e. The molecule has 0 spiro atoms. The summed E-state index contributed by atoms with van der Waals surface area (Å²) in [5, 5.41) is 0. The van der Waals surface area contributed by atoms with Gasteiger partial charge in [-0.05, 0) is 48.1 Å². The molecule has 0 bridgehead atoms. The van der Waals surface area contributed by atoms with Gasteiger partial charge in [0.2, 0.25) is 0 Å². The van der Waals surface area contributed by atoms with Crippen molar-refractivity contribution in [3.8, 4) is 23.7 Å². The molecule has 0 aliphatic heterocycles. The molecule has 37 heavy (non-hydrogen) atoms. The first-order valence-corrected chi connectivity index (χ1v) is 12.4. The number of hydrogen-bond acceptors (Lipinski definition) is 4. The number of ether oxygens (including phenoxy) is 3. The van der Waals surface area contributed by atoms with E-state index in [2.05, 4.69) is 23.7 Å². The smallest absolute Gasteiger partial charge is 0.333 e. The summed E-state index contributed by atoms with van der Waals surface area (Å²) in [5.41, 5.74) is 3.39. The molecule has 0 amide bonds. The maximum Gasteiger partial charge on any atom is 0.333 e. The zero-order valence-corrected chi connectivity index (χ0v) is 21.2. The van der Waals surface area contributed by atoms with Crippen molar-refractivity contribution in [3.63, 3.8) is 0 Å². The highest BCUT2D eigenvalue weighted by molar-refractivity contribution is 5.73. The predicted octanol–water partition coefficient (Wildman–Crippen LogP) is 6.07. The average Bonchev–Trinajstić information content (AvgIpc) is 2.94. The van der Waals surface area contributed by atoms with E-state index in [4.69, 9.17) is 14.2 Å². The Balaban J connectivity index is 1.80. The van der Waals surface area contributed by atoms with E-state index < -0.39 is 12.1 Å². The molecular weight excluding hydrogens is 460 g/mol. The van der Waals surface area contributed by atoms with Crippen LogP contribution in [0.4, 0.5) is 0 Å². The summed E-state index contributed by atoms with van der Waals surface area (Å²) in [6.07, 6.45) is 3.66. The van der Waals surface area contributed by atoms with Crippen molar-refractivity contribution in [1.29, 1.82) is 0 Å². The molecule has 0 saturated carbocycles. The van der Waals surface area contributed by atoms with Crippen LogP contribution in [0.2, 0.25) is 0 Å². The molecule has 0 radical (unpaired) electrons. The topological polar surface area (TPSA) is 44.8 Å². The monoisotopic (exact) mass is 492 g/mol. The molecule has 0 aliphatic carbocycles. The van der Waals surface area contributed by atoms with Gasteiger partial charge < -0.3 is 14.2 Å². The summed E-state index contributed by atoms with van der Waals surface area (Å²) in [5.74, 6) is 12.2. The molecule has 188 valence electrons. The minimum atomic E-state index is -0.834. The third-order valence-electron chi connectivity index (χ3n) is 5.24. The molecule has 4 heteroatoms. The van der Waals surface area contributed by atoms with E-state index >= 15 is 0 Å². The zero-order valence-electron chi connectivity index (χ0n) is 21.2. The van der Waals surface area contributed by atoms with E-state index in [1.165, 1.54) is 0 Å². The molecule has 4 nitrogen and oxygen atoms in total. The Morgan fingerprint density at radius 3 is 2.27 bits per heavy atom. The SMILES string of the molecule is COCCCCC#C/C(=C/c1ccccc1)C(C#Cc1ccccc1)OC(=O)COCc1ccccc1. The normalized spacial score (nSPS) is 11.4. The number of carbonyl (C=O) groups is 1. The van der Waals surface area contributed by atoms with Crippen molar-refractivity contribution >= 4 is 12.0 Å². The second-order valence-corrected chi connectivity index (χ2v) is 8.25. The van der Waals surface area contributed by atoms with E-state index in [-0.39, 0.29) is 6.61 Å². The first kappa shape index (κ1) is 27.5. The first-order chi connectivity index (χ1) is 18.2. The van der Waals surface area contributed by atoms with Gasteiger partial charge in [-0.3, -0.25) is 0 Å². The van der Waals surface area contributed by atoms with E-state index in [9.17, 15) is 4.79 Å². The maximum atomic E-state index is 12.8. The van der Waals surface area contributed by atoms with Crippen LogP contribution in [0.5, 0.6) is 0 Å². The van der Waals surface area contributed by atoms with Crippen LogP contribution in [0.3, 0.4) is 0 Å². The van der Waals surface area contributed by atoms with Gasteiger partial charge in [0.1, 0.15) is 6.61 Å². The van der Waals surface area contributed by atoms with Gasteiger partial charge in [0, 0.05) is 25.7 Å². The van der Waals surface area contributed by atoms with Gasteiger partial charge >= 0.3 is 5.97 Å². The van der Waals surface area contributed by atoms with Crippen molar-refractivity contribution in [3.05, 3.63) is 113 Å². The summed E-state index contributed by atoms with van der Waals surface area (Å²) < 4.78 is 16.5. The molecule has 1 unspecified atom stereocenters. The number of carbonyl (C=O) groups excluding carboxylic acids is 1. The molecule has 3 aromatic rings. The second-order valence-electron chi connectivity index (χ2n) is 8.25. The number of esters is 1. The molecule has 0 aromatic heterocycles. The van der Waals surface area contributed by atoms with E-state index in [1.54, 1.807) is 7.11 Å². The van der Waals surface area contributed by atoms with Crippen molar-refractivity contribution < 1.29 is 19.0 Å². The molecule has 3 rings (SSSR count). The Morgan fingerprint density at radius 1 is 0.892 bits per heavy atom. The number of rotatable bonds is 11. The van der Waals surface area contributed by atoms with E-state index in [0.717, 1.165) is 29.5 Å². The summed E-state index contributed by atoms with van der Waals surface area (Å²) in [6.45, 7) is 0.853. The molecular formula is C33H32O4. The van der Waals surface area contributed by atoms with Gasteiger partial charge in [0.05, 0.1) is 12.2 Å². The largest absolute Gasteiger partial charge is 0.442 e. The summed E-state index contributed by atoms with van der Waals surface area (Å²) in [4.78, 5) is 12.8. The number of benzene rings is 3. The first-order valence-electron chi connectivity index (χ1n) is 12.4. The van der Waals surface area contributed by atoms with Crippen LogP contribution in [-0.4, -0.2) is 32.4 Å². The van der Waals surface area contributed by atoms with Crippen molar-refractivity contribution in [2.24, 2.45) is 0 Å². The summed E-state index contributed by atoms with van der Waals surface area (Å²) in [6, 6.07) is 29.1. The Kier molecular flexibility index (Phi) is 12.3. The van der Waals surface area contributed by atoms with Crippen LogP contribution in [0.1, 0.15) is 36.0 Å². The molecule has 0 saturated heterocycles. The quantitative estimate of drug-likeness (QED) is 0.185. The lowest BCUT2D eigenvalue weighted by molar-refractivity contribution is -0.150. The summed E-state index contributed by atoms with van der Waals surface area (Å²) in [7, 11) is 1.69. The minimum absolute atomic E-state index is 0.179. The van der Waals surface area contributed by atoms with Crippen LogP contribution in [-0.2, 0) is 25.6 Å². The van der Waals surface area contributed by atoms with Gasteiger partial charge in [-0.15, -0.1) is 0 Å². The standard InChI is InChI=1S/C33H32O4/c1-35-24-14-3-2-13-21-31(25-29-17-9-5-10-18-29)32(23-22-28-15-7-4-8-16-28)37-33(34)27-36-26-30-19-11-6-12-20-30/h4-12,15-20,25,32H,2-3,14,24,26-27H2,1H3/b31-25-. The molecule has 1 atom stereocenters. The van der Waals surface area contributed by atoms with Crippen molar-refractivity contribution in [1.82, 2.24) is 0 Å². The highest BCUT2D eigenvalue weighted by Crippen LogP contribution is 2.14. The van der Waals surface area contributed by atoms with Crippen molar-refractivity contribution in [2.45, 2.75) is 32.0 Å². The van der Waals surface area contributed by atoms with Crippen molar-refractivity contribution in [2.75, 3.05) is 20.3 Å². The number of hydrogen-bond donors (Lipinski definition) is 0. The third-order valence-corrected chi connectivity index (χ3v) is 5.24. The van der Waals surface area contributed by atoms with Gasteiger partial charge in [-0.2, -0.15) is 0 Å². The Hall–Kier alpha value is -4.09. The maximum absolute atomic E-state index is 12.8. The highest BCUT2D eigenvalue weighted by atomic mass is 16.6.